The van der Waals surface area contributed by atoms with Crippen molar-refractivity contribution in [2.45, 2.75) is 31.6 Å². The molecule has 4 rings (SSSR count). The van der Waals surface area contributed by atoms with Gasteiger partial charge in [-0.15, -0.1) is 0 Å². The number of amides is 1. The highest BCUT2D eigenvalue weighted by Crippen LogP contribution is 2.44. The van der Waals surface area contributed by atoms with Gasteiger partial charge in [0.2, 0.25) is 0 Å². The molecule has 0 fully saturated rings. The summed E-state index contributed by atoms with van der Waals surface area (Å²) in [6.07, 6.45) is -3.63. The Hall–Kier alpha value is -3.20. The SMILES string of the molecule is COc1ccc(NC(=O)c2cnn3c2N[C@H](c2ccc(C)cc2)C[C@H]3C(F)(F)F)cc1Cl. The second-order valence-corrected chi connectivity index (χ2v) is 7.96. The molecular formula is C22H20ClF3N4O2. The zero-order valence-electron chi connectivity index (χ0n) is 17.2. The first-order chi connectivity index (χ1) is 15.2. The van der Waals surface area contributed by atoms with Crippen LogP contribution in [0, 0.1) is 6.92 Å². The molecule has 0 radical (unpaired) electrons. The molecule has 168 valence electrons. The number of ether oxygens (including phenoxy) is 1. The maximum Gasteiger partial charge on any atom is 0.410 e. The van der Waals surface area contributed by atoms with Gasteiger partial charge in [0.1, 0.15) is 17.1 Å². The molecule has 1 aromatic heterocycles. The third kappa shape index (κ3) is 4.25. The minimum Gasteiger partial charge on any atom is -0.495 e. The summed E-state index contributed by atoms with van der Waals surface area (Å²) in [5, 5.41) is 9.89. The third-order valence-corrected chi connectivity index (χ3v) is 5.67. The molecule has 1 aliphatic rings. The lowest BCUT2D eigenvalue weighted by Gasteiger charge is -2.34. The van der Waals surface area contributed by atoms with E-state index in [4.69, 9.17) is 16.3 Å². The first-order valence-electron chi connectivity index (χ1n) is 9.79. The van der Waals surface area contributed by atoms with E-state index in [9.17, 15) is 18.0 Å². The monoisotopic (exact) mass is 464 g/mol. The molecule has 2 heterocycles. The van der Waals surface area contributed by atoms with Gasteiger partial charge in [-0.25, -0.2) is 4.68 Å². The molecule has 0 unspecified atom stereocenters. The summed E-state index contributed by atoms with van der Waals surface area (Å²) in [7, 11) is 1.46. The van der Waals surface area contributed by atoms with Gasteiger partial charge in [0.15, 0.2) is 6.04 Å². The Morgan fingerprint density at radius 1 is 1.25 bits per heavy atom. The van der Waals surface area contributed by atoms with Gasteiger partial charge in [-0.3, -0.25) is 4.79 Å². The maximum atomic E-state index is 13.8. The second kappa shape index (κ2) is 8.38. The molecule has 1 aliphatic heterocycles. The summed E-state index contributed by atoms with van der Waals surface area (Å²) >= 11 is 6.09. The molecule has 1 amide bonds. The lowest BCUT2D eigenvalue weighted by molar-refractivity contribution is -0.173. The highest BCUT2D eigenvalue weighted by molar-refractivity contribution is 6.32. The summed E-state index contributed by atoms with van der Waals surface area (Å²) in [6.45, 7) is 1.90. The van der Waals surface area contributed by atoms with E-state index in [1.54, 1.807) is 24.3 Å². The number of anilines is 2. The number of halogens is 4. The van der Waals surface area contributed by atoms with Crippen LogP contribution in [0.25, 0.3) is 0 Å². The molecule has 0 bridgehead atoms. The summed E-state index contributed by atoms with van der Waals surface area (Å²) in [4.78, 5) is 12.9. The smallest absolute Gasteiger partial charge is 0.410 e. The lowest BCUT2D eigenvalue weighted by Crippen LogP contribution is -2.36. The van der Waals surface area contributed by atoms with E-state index >= 15 is 0 Å². The largest absolute Gasteiger partial charge is 0.495 e. The van der Waals surface area contributed by atoms with Gasteiger partial charge in [0.05, 0.1) is 24.4 Å². The number of benzene rings is 2. The summed E-state index contributed by atoms with van der Waals surface area (Å²) in [6, 6.07) is 9.41. The van der Waals surface area contributed by atoms with Crippen LogP contribution in [0.3, 0.4) is 0 Å². The highest BCUT2D eigenvalue weighted by atomic mass is 35.5. The molecule has 0 saturated heterocycles. The molecule has 2 N–H and O–H groups in total. The Balaban J connectivity index is 1.66. The molecule has 3 aromatic rings. The number of carbonyl (C=O) groups excluding carboxylic acids is 1. The fraction of sp³-hybridized carbons (Fsp3) is 0.273. The van der Waals surface area contributed by atoms with E-state index in [1.807, 2.05) is 19.1 Å². The zero-order chi connectivity index (χ0) is 23.0. The van der Waals surface area contributed by atoms with E-state index in [2.05, 4.69) is 15.7 Å². The van der Waals surface area contributed by atoms with E-state index < -0.39 is 24.2 Å². The number of aryl methyl sites for hydroxylation is 1. The van der Waals surface area contributed by atoms with Crippen molar-refractivity contribution in [3.8, 4) is 5.75 Å². The normalized spacial score (nSPS) is 17.9. The minimum absolute atomic E-state index is 0.00278. The Morgan fingerprint density at radius 2 is 1.97 bits per heavy atom. The number of rotatable bonds is 4. The van der Waals surface area contributed by atoms with Crippen LogP contribution in [-0.2, 0) is 0 Å². The Labute approximate surface area is 187 Å². The van der Waals surface area contributed by atoms with Crippen molar-refractivity contribution in [1.29, 1.82) is 0 Å². The van der Waals surface area contributed by atoms with Crippen LogP contribution in [0.1, 0.15) is 40.0 Å². The van der Waals surface area contributed by atoms with Crippen LogP contribution in [0.2, 0.25) is 5.02 Å². The molecular weight excluding hydrogens is 445 g/mol. The average Bonchev–Trinajstić information content (AvgIpc) is 3.17. The number of methoxy groups -OCH3 is 1. The van der Waals surface area contributed by atoms with Crippen molar-refractivity contribution in [2.24, 2.45) is 0 Å². The van der Waals surface area contributed by atoms with E-state index in [1.165, 1.54) is 13.2 Å². The van der Waals surface area contributed by atoms with Crippen molar-refractivity contribution in [1.82, 2.24) is 9.78 Å². The van der Waals surface area contributed by atoms with Crippen LogP contribution in [-0.4, -0.2) is 29.0 Å². The second-order valence-electron chi connectivity index (χ2n) is 7.56. The molecule has 32 heavy (non-hydrogen) atoms. The molecule has 0 saturated carbocycles. The number of fused-ring (bicyclic) bond motifs is 1. The number of alkyl halides is 3. The van der Waals surface area contributed by atoms with Gasteiger partial charge in [0, 0.05) is 12.1 Å². The molecule has 0 aliphatic carbocycles. The van der Waals surface area contributed by atoms with Crippen LogP contribution in [0.5, 0.6) is 5.75 Å². The summed E-state index contributed by atoms with van der Waals surface area (Å²) in [5.41, 5.74) is 2.08. The first kappa shape index (κ1) is 22.0. The van der Waals surface area contributed by atoms with E-state index in [0.29, 0.717) is 17.0 Å². The molecule has 6 nitrogen and oxygen atoms in total. The Morgan fingerprint density at radius 3 is 2.59 bits per heavy atom. The predicted octanol–water partition coefficient (Wildman–Crippen LogP) is 5.77. The van der Waals surface area contributed by atoms with E-state index in [0.717, 1.165) is 16.4 Å². The standard InChI is InChI=1S/C22H20ClF3N4O2/c1-12-3-5-13(6-4-12)17-10-19(22(24,25)26)30-20(29-17)15(11-27-30)21(31)28-14-7-8-18(32-2)16(23)9-14/h3-9,11,17,19,29H,10H2,1-2H3,(H,28,31)/t17-,19-/m0/s1. The van der Waals surface area contributed by atoms with Crippen molar-refractivity contribution in [2.75, 3.05) is 17.7 Å². The summed E-state index contributed by atoms with van der Waals surface area (Å²) in [5.74, 6) is -0.157. The van der Waals surface area contributed by atoms with Gasteiger partial charge in [0.25, 0.3) is 5.91 Å². The van der Waals surface area contributed by atoms with Gasteiger partial charge in [-0.2, -0.15) is 18.3 Å². The van der Waals surface area contributed by atoms with Gasteiger partial charge in [-0.05, 0) is 30.7 Å². The molecule has 2 aromatic carbocycles. The topological polar surface area (TPSA) is 68.2 Å². The summed E-state index contributed by atoms with van der Waals surface area (Å²) < 4.78 is 47.4. The van der Waals surface area contributed by atoms with Gasteiger partial charge < -0.3 is 15.4 Å². The maximum absolute atomic E-state index is 13.8. The lowest BCUT2D eigenvalue weighted by atomic mass is 9.96. The van der Waals surface area contributed by atoms with Crippen LogP contribution < -0.4 is 15.4 Å². The quantitative estimate of drug-likeness (QED) is 0.514. The minimum atomic E-state index is -4.52. The number of hydrogen-bond donors (Lipinski definition) is 2. The number of nitrogens with zero attached hydrogens (tertiary/aromatic N) is 2. The van der Waals surface area contributed by atoms with Crippen LogP contribution >= 0.6 is 11.6 Å². The predicted molar refractivity (Wildman–Crippen MR) is 115 cm³/mol. The van der Waals surface area contributed by atoms with Crippen molar-refractivity contribution >= 4 is 29.0 Å². The number of hydrogen-bond acceptors (Lipinski definition) is 4. The van der Waals surface area contributed by atoms with E-state index in [-0.39, 0.29) is 22.8 Å². The third-order valence-electron chi connectivity index (χ3n) is 5.37. The fourth-order valence-corrected chi connectivity index (χ4v) is 3.95. The van der Waals surface area contributed by atoms with Gasteiger partial charge in [-0.1, -0.05) is 41.4 Å². The van der Waals surface area contributed by atoms with Crippen LogP contribution in [0.4, 0.5) is 24.7 Å². The van der Waals surface area contributed by atoms with Crippen molar-refractivity contribution in [3.05, 3.63) is 70.4 Å². The Kier molecular flexibility index (Phi) is 5.77. The number of aromatic nitrogens is 2. The van der Waals surface area contributed by atoms with Crippen molar-refractivity contribution in [3.63, 3.8) is 0 Å². The van der Waals surface area contributed by atoms with Gasteiger partial charge >= 0.3 is 6.18 Å². The number of nitrogens with one attached hydrogen (secondary N) is 2. The highest BCUT2D eigenvalue weighted by Gasteiger charge is 2.47. The molecule has 10 heteroatoms. The fourth-order valence-electron chi connectivity index (χ4n) is 3.69. The molecule has 2 atom stereocenters. The average molecular weight is 465 g/mol. The van der Waals surface area contributed by atoms with Crippen molar-refractivity contribution < 1.29 is 22.7 Å². The zero-order valence-corrected chi connectivity index (χ0v) is 18.0. The first-order valence-corrected chi connectivity index (χ1v) is 10.2. The number of carbonyl (C=O) groups is 1. The van der Waals surface area contributed by atoms with Crippen LogP contribution in [0.15, 0.2) is 48.7 Å². The Bertz CT molecular complexity index is 1150. The molecule has 0 spiro atoms.